The Labute approximate surface area is 107 Å². The molecule has 0 unspecified atom stereocenters. The van der Waals surface area contributed by atoms with E-state index in [2.05, 4.69) is 0 Å². The maximum Gasteiger partial charge on any atom is 0.313 e. The van der Waals surface area contributed by atoms with Gasteiger partial charge in [0.2, 0.25) is 0 Å². The number of benzene rings is 1. The van der Waals surface area contributed by atoms with Crippen molar-refractivity contribution < 1.29 is 14.3 Å². The van der Waals surface area contributed by atoms with Gasteiger partial charge in [-0.25, -0.2) is 0 Å². The van der Waals surface area contributed by atoms with Gasteiger partial charge in [-0.2, -0.15) is 0 Å². The van der Waals surface area contributed by atoms with Crippen molar-refractivity contribution in [3.8, 4) is 5.75 Å². The lowest BCUT2D eigenvalue weighted by Gasteiger charge is -2.14. The lowest BCUT2D eigenvalue weighted by atomic mass is 9.95. The van der Waals surface area contributed by atoms with Crippen molar-refractivity contribution in [2.45, 2.75) is 18.4 Å². The number of cyclic esters (lactones) is 1. The molecule has 1 aromatic carbocycles. The molecule has 0 N–H and O–H groups in total. The van der Waals surface area contributed by atoms with Gasteiger partial charge in [-0.1, -0.05) is 12.1 Å². The molecule has 0 aromatic heterocycles. The summed E-state index contributed by atoms with van der Waals surface area (Å²) < 4.78 is 10.5. The number of methoxy groups -OCH3 is 1. The van der Waals surface area contributed by atoms with Crippen LogP contribution < -0.4 is 4.74 Å². The van der Waals surface area contributed by atoms with E-state index in [-0.39, 0.29) is 18.0 Å². The maximum absolute atomic E-state index is 11.8. The summed E-state index contributed by atoms with van der Waals surface area (Å²) in [5, 5.41) is 0. The smallest absolute Gasteiger partial charge is 0.313 e. The quantitative estimate of drug-likeness (QED) is 0.761. The lowest BCUT2D eigenvalue weighted by molar-refractivity contribution is -0.142. The summed E-state index contributed by atoms with van der Waals surface area (Å²) in [6.07, 6.45) is 0.753. The highest BCUT2D eigenvalue weighted by molar-refractivity contribution is 5.80. The van der Waals surface area contributed by atoms with Gasteiger partial charge in [0.1, 0.15) is 11.9 Å². The van der Waals surface area contributed by atoms with Crippen LogP contribution in [0.25, 0.3) is 0 Å². The minimum atomic E-state index is -0.138. The van der Waals surface area contributed by atoms with Crippen LogP contribution in [-0.2, 0) is 9.53 Å². The molecule has 0 aliphatic carbocycles. The van der Waals surface area contributed by atoms with E-state index in [1.165, 1.54) is 0 Å². The second kappa shape index (κ2) is 5.40. The molecule has 1 aliphatic rings. The Morgan fingerprint density at radius 3 is 2.56 bits per heavy atom. The van der Waals surface area contributed by atoms with Gasteiger partial charge in [-0.15, -0.1) is 0 Å². The van der Waals surface area contributed by atoms with Crippen LogP contribution in [0.15, 0.2) is 24.3 Å². The standard InChI is InChI=1S/C14H19NO3/c1-15(2)9-12-8-13(14(16)18-12)10-4-6-11(17-3)7-5-10/h4-7,12-13H,8-9H2,1-3H3/t12-,13+/m1/s1. The van der Waals surface area contributed by atoms with Crippen LogP contribution in [0.5, 0.6) is 5.75 Å². The molecule has 0 radical (unpaired) electrons. The minimum absolute atomic E-state index is 0.000369. The largest absolute Gasteiger partial charge is 0.497 e. The second-order valence-corrected chi connectivity index (χ2v) is 4.88. The number of carbonyl (C=O) groups is 1. The molecule has 4 nitrogen and oxygen atoms in total. The summed E-state index contributed by atoms with van der Waals surface area (Å²) >= 11 is 0. The fourth-order valence-corrected chi connectivity index (χ4v) is 2.28. The molecule has 18 heavy (non-hydrogen) atoms. The van der Waals surface area contributed by atoms with Crippen molar-refractivity contribution >= 4 is 5.97 Å². The van der Waals surface area contributed by atoms with E-state index in [1.54, 1.807) is 7.11 Å². The summed E-state index contributed by atoms with van der Waals surface area (Å²) in [6, 6.07) is 7.62. The van der Waals surface area contributed by atoms with E-state index < -0.39 is 0 Å². The van der Waals surface area contributed by atoms with Crippen LogP contribution in [0, 0.1) is 0 Å². The van der Waals surface area contributed by atoms with E-state index in [1.807, 2.05) is 43.3 Å². The summed E-state index contributed by atoms with van der Waals surface area (Å²) in [7, 11) is 5.59. The summed E-state index contributed by atoms with van der Waals surface area (Å²) in [5.41, 5.74) is 1.00. The van der Waals surface area contributed by atoms with E-state index in [4.69, 9.17) is 9.47 Å². The van der Waals surface area contributed by atoms with E-state index in [0.29, 0.717) is 0 Å². The molecule has 1 fully saturated rings. The molecule has 2 atom stereocenters. The molecule has 98 valence electrons. The van der Waals surface area contributed by atoms with Crippen molar-refractivity contribution in [3.63, 3.8) is 0 Å². The molecule has 2 rings (SSSR count). The third kappa shape index (κ3) is 2.82. The molecule has 0 amide bonds. The number of likely N-dealkylation sites (N-methyl/N-ethyl adjacent to an activating group) is 1. The zero-order valence-electron chi connectivity index (χ0n) is 11.1. The molecule has 1 aromatic rings. The number of hydrogen-bond acceptors (Lipinski definition) is 4. The zero-order chi connectivity index (χ0) is 13.1. The molecule has 1 saturated heterocycles. The monoisotopic (exact) mass is 249 g/mol. The Bertz CT molecular complexity index is 414. The Hall–Kier alpha value is -1.55. The molecule has 4 heteroatoms. The number of esters is 1. The highest BCUT2D eigenvalue weighted by Gasteiger charge is 2.35. The third-order valence-corrected chi connectivity index (χ3v) is 3.15. The first-order chi connectivity index (χ1) is 8.60. The highest BCUT2D eigenvalue weighted by Crippen LogP contribution is 2.31. The minimum Gasteiger partial charge on any atom is -0.497 e. The molecular weight excluding hydrogens is 230 g/mol. The van der Waals surface area contributed by atoms with Gasteiger partial charge in [0, 0.05) is 13.0 Å². The number of carbonyl (C=O) groups excluding carboxylic acids is 1. The van der Waals surface area contributed by atoms with Gasteiger partial charge in [-0.05, 0) is 31.8 Å². The normalized spacial score (nSPS) is 23.2. The Balaban J connectivity index is 2.06. The molecule has 0 saturated carbocycles. The first-order valence-electron chi connectivity index (χ1n) is 6.09. The first kappa shape index (κ1) is 12.9. The second-order valence-electron chi connectivity index (χ2n) is 4.88. The Kier molecular flexibility index (Phi) is 3.87. The fraction of sp³-hybridized carbons (Fsp3) is 0.500. The molecular formula is C14H19NO3. The number of nitrogens with zero attached hydrogens (tertiary/aromatic N) is 1. The molecule has 0 bridgehead atoms. The van der Waals surface area contributed by atoms with Crippen LogP contribution in [-0.4, -0.2) is 44.7 Å². The first-order valence-corrected chi connectivity index (χ1v) is 6.09. The van der Waals surface area contributed by atoms with E-state index >= 15 is 0 Å². The molecule has 0 spiro atoms. The Morgan fingerprint density at radius 1 is 1.33 bits per heavy atom. The van der Waals surface area contributed by atoms with Crippen molar-refractivity contribution in [1.82, 2.24) is 4.90 Å². The van der Waals surface area contributed by atoms with Crippen LogP contribution in [0.1, 0.15) is 17.9 Å². The lowest BCUT2D eigenvalue weighted by Crippen LogP contribution is -2.25. The topological polar surface area (TPSA) is 38.8 Å². The predicted molar refractivity (Wildman–Crippen MR) is 68.8 cm³/mol. The molecule has 1 aliphatic heterocycles. The van der Waals surface area contributed by atoms with Crippen LogP contribution in [0.2, 0.25) is 0 Å². The average molecular weight is 249 g/mol. The van der Waals surface area contributed by atoms with E-state index in [9.17, 15) is 4.79 Å². The SMILES string of the molecule is COc1ccc([C@@H]2C[C@H](CN(C)C)OC2=O)cc1. The van der Waals surface area contributed by atoms with Gasteiger partial charge in [0.15, 0.2) is 0 Å². The molecule has 1 heterocycles. The fourth-order valence-electron chi connectivity index (χ4n) is 2.28. The number of rotatable bonds is 4. The van der Waals surface area contributed by atoms with Crippen LogP contribution in [0.3, 0.4) is 0 Å². The number of hydrogen-bond donors (Lipinski definition) is 0. The summed E-state index contributed by atoms with van der Waals surface area (Å²) in [5.74, 6) is 0.544. The zero-order valence-corrected chi connectivity index (χ0v) is 11.1. The maximum atomic E-state index is 11.8. The van der Waals surface area contributed by atoms with E-state index in [0.717, 1.165) is 24.3 Å². The van der Waals surface area contributed by atoms with Crippen molar-refractivity contribution in [2.24, 2.45) is 0 Å². The van der Waals surface area contributed by atoms with Gasteiger partial charge in [0.05, 0.1) is 13.0 Å². The highest BCUT2D eigenvalue weighted by atomic mass is 16.6. The third-order valence-electron chi connectivity index (χ3n) is 3.15. The summed E-state index contributed by atoms with van der Waals surface area (Å²) in [6.45, 7) is 0.776. The Morgan fingerprint density at radius 2 is 2.00 bits per heavy atom. The van der Waals surface area contributed by atoms with Crippen LogP contribution >= 0.6 is 0 Å². The van der Waals surface area contributed by atoms with Crippen LogP contribution in [0.4, 0.5) is 0 Å². The van der Waals surface area contributed by atoms with Crippen molar-refractivity contribution in [3.05, 3.63) is 29.8 Å². The van der Waals surface area contributed by atoms with Gasteiger partial charge in [0.25, 0.3) is 0 Å². The van der Waals surface area contributed by atoms with Gasteiger partial charge < -0.3 is 14.4 Å². The summed E-state index contributed by atoms with van der Waals surface area (Å²) in [4.78, 5) is 13.9. The van der Waals surface area contributed by atoms with Crippen molar-refractivity contribution in [2.75, 3.05) is 27.7 Å². The van der Waals surface area contributed by atoms with Gasteiger partial charge >= 0.3 is 5.97 Å². The van der Waals surface area contributed by atoms with Crippen molar-refractivity contribution in [1.29, 1.82) is 0 Å². The number of ether oxygens (including phenoxy) is 2. The predicted octanol–water partition coefficient (Wildman–Crippen LogP) is 1.66. The average Bonchev–Trinajstić information content (AvgIpc) is 2.69. The van der Waals surface area contributed by atoms with Gasteiger partial charge in [-0.3, -0.25) is 4.79 Å².